The third-order valence-electron chi connectivity index (χ3n) is 2.44. The van der Waals surface area contributed by atoms with Gasteiger partial charge in [-0.2, -0.15) is 11.8 Å². The van der Waals surface area contributed by atoms with Crippen LogP contribution in [0.3, 0.4) is 0 Å². The molecule has 0 nitrogen and oxygen atoms in total. The van der Waals surface area contributed by atoms with Crippen molar-refractivity contribution in [3.63, 3.8) is 0 Å². The lowest BCUT2D eigenvalue weighted by Crippen LogP contribution is -2.16. The molecule has 0 N–H and O–H groups in total. The van der Waals surface area contributed by atoms with E-state index in [1.165, 1.54) is 38.5 Å². The predicted octanol–water partition coefficient (Wildman–Crippen LogP) is 3.85. The van der Waals surface area contributed by atoms with Crippen molar-refractivity contribution < 1.29 is 0 Å². The molecule has 1 heteroatoms. The molecule has 11 heavy (non-hydrogen) atoms. The summed E-state index contributed by atoms with van der Waals surface area (Å²) >= 11 is 2.23. The second-order valence-electron chi connectivity index (χ2n) is 3.64. The molecule has 0 amide bonds. The average Bonchev–Trinajstić information content (AvgIpc) is 1.93. The Morgan fingerprint density at radius 3 is 2.64 bits per heavy atom. The quantitative estimate of drug-likeness (QED) is 0.607. The highest BCUT2D eigenvalue weighted by Crippen LogP contribution is 2.35. The fraction of sp³-hybridized carbons (Fsp3) is 1.00. The zero-order valence-corrected chi connectivity index (χ0v) is 8.62. The van der Waals surface area contributed by atoms with Gasteiger partial charge in [0.1, 0.15) is 0 Å². The van der Waals surface area contributed by atoms with Crippen LogP contribution in [0.4, 0.5) is 0 Å². The summed E-state index contributed by atoms with van der Waals surface area (Å²) in [6.07, 6.45) is 8.66. The van der Waals surface area contributed by atoms with Crippen molar-refractivity contribution in [2.24, 2.45) is 0 Å². The molecule has 1 unspecified atom stereocenters. The molecule has 0 bridgehead atoms. The van der Waals surface area contributed by atoms with E-state index in [0.29, 0.717) is 0 Å². The lowest BCUT2D eigenvalue weighted by Gasteiger charge is -2.27. The van der Waals surface area contributed by atoms with E-state index in [9.17, 15) is 0 Å². The maximum absolute atomic E-state index is 2.39. The number of rotatable bonds is 5. The highest BCUT2D eigenvalue weighted by atomic mass is 32.2. The molecule has 0 spiro atoms. The van der Waals surface area contributed by atoms with E-state index in [1.54, 1.807) is 0 Å². The van der Waals surface area contributed by atoms with Gasteiger partial charge < -0.3 is 0 Å². The Labute approximate surface area is 75.1 Å². The smallest absolute Gasteiger partial charge is 0.00497 e. The summed E-state index contributed by atoms with van der Waals surface area (Å²) in [6, 6.07) is 0. The number of unbranched alkanes of at least 4 members (excludes halogenated alkanes) is 1. The van der Waals surface area contributed by atoms with Crippen LogP contribution in [0.15, 0.2) is 0 Å². The SMILES string of the molecule is CCCCC(C)SC1CCC1. The normalized spacial score (nSPS) is 21.3. The standard InChI is InChI=1S/C10H20S/c1-3-4-6-9(2)11-10-7-5-8-10/h9-10H,3-8H2,1-2H3. The van der Waals surface area contributed by atoms with Gasteiger partial charge in [-0.25, -0.2) is 0 Å². The van der Waals surface area contributed by atoms with Crippen LogP contribution in [0.5, 0.6) is 0 Å². The fourth-order valence-electron chi connectivity index (χ4n) is 1.40. The van der Waals surface area contributed by atoms with Gasteiger partial charge in [-0.3, -0.25) is 0 Å². The van der Waals surface area contributed by atoms with Crippen molar-refractivity contribution >= 4 is 11.8 Å². The fourth-order valence-corrected chi connectivity index (χ4v) is 2.96. The van der Waals surface area contributed by atoms with Crippen LogP contribution in [0.2, 0.25) is 0 Å². The zero-order chi connectivity index (χ0) is 8.10. The van der Waals surface area contributed by atoms with E-state index in [-0.39, 0.29) is 0 Å². The number of hydrogen-bond acceptors (Lipinski definition) is 1. The van der Waals surface area contributed by atoms with Gasteiger partial charge in [0, 0.05) is 10.5 Å². The maximum Gasteiger partial charge on any atom is 0.00497 e. The van der Waals surface area contributed by atoms with Crippen LogP contribution in [-0.2, 0) is 0 Å². The monoisotopic (exact) mass is 172 g/mol. The molecule has 0 aliphatic heterocycles. The number of hydrogen-bond donors (Lipinski definition) is 0. The summed E-state index contributed by atoms with van der Waals surface area (Å²) < 4.78 is 0. The summed E-state index contributed by atoms with van der Waals surface area (Å²) in [6.45, 7) is 4.67. The van der Waals surface area contributed by atoms with Crippen molar-refractivity contribution in [3.05, 3.63) is 0 Å². The summed E-state index contributed by atoms with van der Waals surface area (Å²) in [4.78, 5) is 0. The molecule has 1 atom stereocenters. The molecule has 0 aromatic carbocycles. The average molecular weight is 172 g/mol. The molecule has 0 heterocycles. The first-order valence-electron chi connectivity index (χ1n) is 4.98. The molecule has 1 saturated carbocycles. The Morgan fingerprint density at radius 1 is 1.45 bits per heavy atom. The Bertz CT molecular complexity index is 97.0. The first kappa shape index (κ1) is 9.44. The van der Waals surface area contributed by atoms with E-state index in [4.69, 9.17) is 0 Å². The van der Waals surface area contributed by atoms with E-state index in [1.807, 2.05) is 0 Å². The van der Waals surface area contributed by atoms with Gasteiger partial charge in [0.2, 0.25) is 0 Å². The molecule has 0 radical (unpaired) electrons. The van der Waals surface area contributed by atoms with Gasteiger partial charge in [0.15, 0.2) is 0 Å². The predicted molar refractivity (Wildman–Crippen MR) is 54.2 cm³/mol. The van der Waals surface area contributed by atoms with E-state index >= 15 is 0 Å². The first-order chi connectivity index (χ1) is 5.33. The lowest BCUT2D eigenvalue weighted by molar-refractivity contribution is 0.519. The van der Waals surface area contributed by atoms with Crippen molar-refractivity contribution in [3.8, 4) is 0 Å². The molecule has 0 aromatic heterocycles. The third-order valence-corrected chi connectivity index (χ3v) is 4.00. The molecule has 0 aromatic rings. The molecule has 66 valence electrons. The van der Waals surface area contributed by atoms with Crippen molar-refractivity contribution in [1.29, 1.82) is 0 Å². The van der Waals surface area contributed by atoms with Crippen molar-refractivity contribution in [2.45, 2.75) is 62.9 Å². The molecule has 1 rings (SSSR count). The van der Waals surface area contributed by atoms with E-state index in [2.05, 4.69) is 25.6 Å². The lowest BCUT2D eigenvalue weighted by atomic mass is 10.00. The molecular weight excluding hydrogens is 152 g/mol. The molecule has 1 aliphatic carbocycles. The maximum atomic E-state index is 2.39. The van der Waals surface area contributed by atoms with Gasteiger partial charge in [-0.05, 0) is 19.3 Å². The highest BCUT2D eigenvalue weighted by Gasteiger charge is 2.19. The van der Waals surface area contributed by atoms with Gasteiger partial charge in [-0.15, -0.1) is 0 Å². The zero-order valence-electron chi connectivity index (χ0n) is 7.81. The number of thioether (sulfide) groups is 1. The topological polar surface area (TPSA) is 0 Å². The largest absolute Gasteiger partial charge is 0.155 e. The van der Waals surface area contributed by atoms with Crippen molar-refractivity contribution in [2.75, 3.05) is 0 Å². The minimum absolute atomic E-state index is 0.917. The van der Waals surface area contributed by atoms with Crippen LogP contribution in [-0.4, -0.2) is 10.5 Å². The Kier molecular flexibility index (Phi) is 4.36. The van der Waals surface area contributed by atoms with Crippen LogP contribution in [0, 0.1) is 0 Å². The van der Waals surface area contributed by atoms with Crippen LogP contribution in [0.25, 0.3) is 0 Å². The second kappa shape index (κ2) is 5.08. The van der Waals surface area contributed by atoms with E-state index < -0.39 is 0 Å². The van der Waals surface area contributed by atoms with E-state index in [0.717, 1.165) is 10.5 Å². The molecule has 1 aliphatic rings. The third kappa shape index (κ3) is 3.50. The van der Waals surface area contributed by atoms with Gasteiger partial charge in [0.25, 0.3) is 0 Å². The summed E-state index contributed by atoms with van der Waals surface area (Å²) in [5, 5.41) is 1.95. The molecular formula is C10H20S. The minimum atomic E-state index is 0.917. The summed E-state index contributed by atoms with van der Waals surface area (Å²) in [5.41, 5.74) is 0. The molecule has 0 saturated heterocycles. The highest BCUT2D eigenvalue weighted by molar-refractivity contribution is 8.00. The van der Waals surface area contributed by atoms with Crippen LogP contribution in [0.1, 0.15) is 52.4 Å². The Hall–Kier alpha value is 0.350. The van der Waals surface area contributed by atoms with Gasteiger partial charge in [0.05, 0.1) is 0 Å². The summed E-state index contributed by atoms with van der Waals surface area (Å²) in [7, 11) is 0. The minimum Gasteiger partial charge on any atom is -0.155 e. The van der Waals surface area contributed by atoms with Gasteiger partial charge in [-0.1, -0.05) is 33.1 Å². The first-order valence-corrected chi connectivity index (χ1v) is 5.92. The van der Waals surface area contributed by atoms with Crippen LogP contribution >= 0.6 is 11.8 Å². The Balaban J connectivity index is 1.95. The van der Waals surface area contributed by atoms with Gasteiger partial charge >= 0.3 is 0 Å². The Morgan fingerprint density at radius 2 is 2.18 bits per heavy atom. The van der Waals surface area contributed by atoms with Crippen molar-refractivity contribution in [1.82, 2.24) is 0 Å². The van der Waals surface area contributed by atoms with Crippen LogP contribution < -0.4 is 0 Å². The summed E-state index contributed by atoms with van der Waals surface area (Å²) in [5.74, 6) is 0. The molecule has 1 fully saturated rings. The second-order valence-corrected chi connectivity index (χ2v) is 5.39.